The Balaban J connectivity index is 2.09. The molecule has 0 aliphatic heterocycles. The average Bonchev–Trinajstić information content (AvgIpc) is 2.79. The van der Waals surface area contributed by atoms with E-state index in [0.717, 1.165) is 22.9 Å². The van der Waals surface area contributed by atoms with E-state index in [9.17, 15) is 13.6 Å². The number of benzene rings is 1. The van der Waals surface area contributed by atoms with Crippen molar-refractivity contribution in [1.29, 1.82) is 0 Å². The Morgan fingerprint density at radius 2 is 2.10 bits per heavy atom. The summed E-state index contributed by atoms with van der Waals surface area (Å²) in [4.78, 5) is 12.1. The number of aromatic nitrogens is 5. The maximum atomic E-state index is 13.6. The van der Waals surface area contributed by atoms with Crippen LogP contribution in [0.3, 0.4) is 0 Å². The summed E-state index contributed by atoms with van der Waals surface area (Å²) < 4.78 is 27.6. The number of H-pyrrole nitrogens is 1. The van der Waals surface area contributed by atoms with Crippen molar-refractivity contribution >= 4 is 11.0 Å². The molecule has 0 aliphatic rings. The highest BCUT2D eigenvalue weighted by molar-refractivity contribution is 5.74. The molecule has 0 fully saturated rings. The molecule has 1 aromatic carbocycles. The first kappa shape index (κ1) is 12.4. The molecule has 0 spiro atoms. The minimum absolute atomic E-state index is 0.0213. The maximum Gasteiger partial charge on any atom is 0.298 e. The van der Waals surface area contributed by atoms with E-state index < -0.39 is 17.2 Å². The second kappa shape index (κ2) is 4.48. The molecule has 0 atom stereocenters. The van der Waals surface area contributed by atoms with Crippen LogP contribution >= 0.6 is 0 Å². The fourth-order valence-electron chi connectivity index (χ4n) is 1.89. The molecule has 3 aromatic rings. The van der Waals surface area contributed by atoms with Crippen LogP contribution in [0.1, 0.15) is 11.3 Å². The smallest absolute Gasteiger partial charge is 0.280 e. The lowest BCUT2D eigenvalue weighted by atomic mass is 10.2. The molecular weight excluding hydrogens is 268 g/mol. The number of aromatic amines is 1. The normalized spacial score (nSPS) is 11.2. The quantitative estimate of drug-likeness (QED) is 0.762. The summed E-state index contributed by atoms with van der Waals surface area (Å²) in [5, 5.41) is 14.0. The van der Waals surface area contributed by atoms with Crippen LogP contribution in [-0.4, -0.2) is 25.2 Å². The molecule has 0 unspecified atom stereocenters. The van der Waals surface area contributed by atoms with Gasteiger partial charge in [0.2, 0.25) is 0 Å². The van der Waals surface area contributed by atoms with Crippen molar-refractivity contribution in [1.82, 2.24) is 25.2 Å². The van der Waals surface area contributed by atoms with Crippen LogP contribution in [0, 0.1) is 18.6 Å². The molecule has 0 saturated carbocycles. The van der Waals surface area contributed by atoms with E-state index in [0.29, 0.717) is 11.2 Å². The summed E-state index contributed by atoms with van der Waals surface area (Å²) in [6, 6.07) is 3.03. The highest BCUT2D eigenvalue weighted by atomic mass is 19.1. The van der Waals surface area contributed by atoms with Gasteiger partial charge in [0.15, 0.2) is 5.52 Å². The van der Waals surface area contributed by atoms with E-state index in [1.165, 1.54) is 0 Å². The molecule has 1 N–H and O–H groups in total. The highest BCUT2D eigenvalue weighted by Gasteiger charge is 2.13. The van der Waals surface area contributed by atoms with Crippen LogP contribution in [0.15, 0.2) is 23.0 Å². The van der Waals surface area contributed by atoms with Crippen LogP contribution in [0.4, 0.5) is 8.78 Å². The fraction of sp³-hybridized carbons (Fsp3) is 0.167. The van der Waals surface area contributed by atoms with Gasteiger partial charge in [-0.2, -0.15) is 5.10 Å². The molecule has 0 radical (unpaired) electrons. The predicted octanol–water partition coefficient (Wildman–Crippen LogP) is 1.15. The fourth-order valence-corrected chi connectivity index (χ4v) is 1.89. The molecule has 0 bridgehead atoms. The van der Waals surface area contributed by atoms with Crippen molar-refractivity contribution in [2.45, 2.75) is 13.5 Å². The minimum atomic E-state index is -0.613. The van der Waals surface area contributed by atoms with Gasteiger partial charge in [-0.1, -0.05) is 5.21 Å². The number of hydrogen-bond acceptors (Lipinski definition) is 4. The molecule has 6 nitrogen and oxygen atoms in total. The van der Waals surface area contributed by atoms with Gasteiger partial charge in [0.1, 0.15) is 17.2 Å². The largest absolute Gasteiger partial charge is 0.298 e. The van der Waals surface area contributed by atoms with Crippen molar-refractivity contribution < 1.29 is 8.78 Å². The SMILES string of the molecule is Cc1[nH]nc2c(=O)n(Cc3cc(F)ccc3F)nnc12. The molecule has 0 aliphatic carbocycles. The number of halogens is 2. The summed E-state index contributed by atoms with van der Waals surface area (Å²) in [7, 11) is 0. The molecule has 2 heterocycles. The minimum Gasteiger partial charge on any atom is -0.280 e. The average molecular weight is 277 g/mol. The first-order valence-corrected chi connectivity index (χ1v) is 5.78. The molecule has 8 heteroatoms. The third-order valence-electron chi connectivity index (χ3n) is 2.93. The third-order valence-corrected chi connectivity index (χ3v) is 2.93. The zero-order chi connectivity index (χ0) is 14.3. The van der Waals surface area contributed by atoms with E-state index in [2.05, 4.69) is 20.5 Å². The molecule has 3 rings (SSSR count). The standard InChI is InChI=1S/C12H9F2N5O/c1-6-10-11(16-15-6)12(20)19(18-17-10)5-7-4-8(13)2-3-9(7)14/h2-4H,5H2,1H3,(H,15,16). The first-order chi connectivity index (χ1) is 9.56. The van der Waals surface area contributed by atoms with Gasteiger partial charge in [-0.05, 0) is 25.1 Å². The Morgan fingerprint density at radius 1 is 1.30 bits per heavy atom. The Bertz CT molecular complexity index is 855. The molecular formula is C12H9F2N5O. The summed E-state index contributed by atoms with van der Waals surface area (Å²) in [6.45, 7) is 1.50. The van der Waals surface area contributed by atoms with Gasteiger partial charge < -0.3 is 0 Å². The zero-order valence-corrected chi connectivity index (χ0v) is 10.4. The van der Waals surface area contributed by atoms with E-state index in [4.69, 9.17) is 0 Å². The van der Waals surface area contributed by atoms with E-state index in [1.54, 1.807) is 6.92 Å². The number of aryl methyl sites for hydroxylation is 1. The summed E-state index contributed by atoms with van der Waals surface area (Å²) in [5.41, 5.74) is 0.616. The lowest BCUT2D eigenvalue weighted by Gasteiger charge is -2.04. The lowest BCUT2D eigenvalue weighted by molar-refractivity contribution is 0.545. The van der Waals surface area contributed by atoms with Crippen molar-refractivity contribution in [2.24, 2.45) is 0 Å². The maximum absolute atomic E-state index is 13.6. The Labute approximate surface area is 111 Å². The Hall–Kier alpha value is -2.64. The molecule has 0 saturated heterocycles. The van der Waals surface area contributed by atoms with Crippen LogP contribution in [0.5, 0.6) is 0 Å². The Kier molecular flexibility index (Phi) is 2.78. The molecule has 102 valence electrons. The van der Waals surface area contributed by atoms with Gasteiger partial charge in [-0.15, -0.1) is 5.10 Å². The van der Waals surface area contributed by atoms with E-state index in [1.807, 2.05) is 0 Å². The topological polar surface area (TPSA) is 76.5 Å². The predicted molar refractivity (Wildman–Crippen MR) is 66.1 cm³/mol. The van der Waals surface area contributed by atoms with Gasteiger partial charge in [0.25, 0.3) is 5.56 Å². The van der Waals surface area contributed by atoms with Crippen LogP contribution in [0.25, 0.3) is 11.0 Å². The Morgan fingerprint density at radius 3 is 2.90 bits per heavy atom. The number of nitrogens with zero attached hydrogens (tertiary/aromatic N) is 4. The van der Waals surface area contributed by atoms with Gasteiger partial charge >= 0.3 is 0 Å². The first-order valence-electron chi connectivity index (χ1n) is 5.78. The van der Waals surface area contributed by atoms with Crippen LogP contribution in [-0.2, 0) is 6.54 Å². The second-order valence-electron chi connectivity index (χ2n) is 4.33. The molecule has 20 heavy (non-hydrogen) atoms. The zero-order valence-electron chi connectivity index (χ0n) is 10.4. The number of nitrogens with one attached hydrogen (secondary N) is 1. The van der Waals surface area contributed by atoms with E-state index >= 15 is 0 Å². The summed E-state index contributed by atoms with van der Waals surface area (Å²) >= 11 is 0. The van der Waals surface area contributed by atoms with Crippen molar-refractivity contribution in [3.8, 4) is 0 Å². The van der Waals surface area contributed by atoms with Gasteiger partial charge in [0.05, 0.1) is 12.2 Å². The van der Waals surface area contributed by atoms with Gasteiger partial charge in [-0.25, -0.2) is 13.5 Å². The number of rotatable bonds is 2. The summed E-state index contributed by atoms with van der Waals surface area (Å²) in [5.74, 6) is -1.20. The number of fused-ring (bicyclic) bond motifs is 1. The third kappa shape index (κ3) is 1.94. The van der Waals surface area contributed by atoms with Crippen LogP contribution in [0.2, 0.25) is 0 Å². The van der Waals surface area contributed by atoms with Crippen molar-refractivity contribution in [2.75, 3.05) is 0 Å². The number of hydrogen-bond donors (Lipinski definition) is 1. The second-order valence-corrected chi connectivity index (χ2v) is 4.33. The van der Waals surface area contributed by atoms with Gasteiger partial charge in [-0.3, -0.25) is 9.89 Å². The van der Waals surface area contributed by atoms with Gasteiger partial charge in [0, 0.05) is 5.56 Å². The van der Waals surface area contributed by atoms with Crippen molar-refractivity contribution in [3.63, 3.8) is 0 Å². The monoisotopic (exact) mass is 277 g/mol. The molecule has 2 aromatic heterocycles. The van der Waals surface area contributed by atoms with E-state index in [-0.39, 0.29) is 17.6 Å². The summed E-state index contributed by atoms with van der Waals surface area (Å²) in [6.07, 6.45) is 0. The van der Waals surface area contributed by atoms with Crippen LogP contribution < -0.4 is 5.56 Å². The molecule has 0 amide bonds. The van der Waals surface area contributed by atoms with Crippen molar-refractivity contribution in [3.05, 3.63) is 51.4 Å². The highest BCUT2D eigenvalue weighted by Crippen LogP contribution is 2.11. The lowest BCUT2D eigenvalue weighted by Crippen LogP contribution is -2.25.